The van der Waals surface area contributed by atoms with Crippen molar-refractivity contribution in [2.24, 2.45) is 0 Å². The van der Waals surface area contributed by atoms with E-state index < -0.39 is 0 Å². The molecule has 0 saturated carbocycles. The Kier molecular flexibility index (Phi) is 3.91. The van der Waals surface area contributed by atoms with Gasteiger partial charge in [-0.1, -0.05) is 12.1 Å². The Morgan fingerprint density at radius 2 is 1.71 bits per heavy atom. The molecule has 1 N–H and O–H groups in total. The third kappa shape index (κ3) is 2.84. The molecule has 0 aliphatic heterocycles. The molecular formula is C22H15N3O2S. The third-order valence-corrected chi connectivity index (χ3v) is 5.64. The lowest BCUT2D eigenvalue weighted by atomic mass is 10.1. The normalized spacial score (nSPS) is 11.2. The van der Waals surface area contributed by atoms with Crippen molar-refractivity contribution in [3.8, 4) is 5.75 Å². The molecule has 2 aromatic heterocycles. The number of carbonyl (C=O) groups is 1. The van der Waals surface area contributed by atoms with Crippen molar-refractivity contribution in [1.29, 1.82) is 0 Å². The number of aromatic nitrogens is 2. The van der Waals surface area contributed by atoms with Crippen LogP contribution in [0.5, 0.6) is 5.75 Å². The number of rotatable bonds is 3. The van der Waals surface area contributed by atoms with Crippen LogP contribution in [0.15, 0.2) is 66.7 Å². The van der Waals surface area contributed by atoms with Crippen molar-refractivity contribution in [3.63, 3.8) is 0 Å². The van der Waals surface area contributed by atoms with Crippen molar-refractivity contribution >= 4 is 54.4 Å². The maximum absolute atomic E-state index is 12.7. The highest BCUT2D eigenvalue weighted by Gasteiger charge is 2.13. The summed E-state index contributed by atoms with van der Waals surface area (Å²) < 4.78 is 6.21. The predicted octanol–water partition coefficient (Wildman–Crippen LogP) is 5.26. The number of nitrogens with one attached hydrogen (secondary N) is 1. The molecule has 5 nitrogen and oxygen atoms in total. The van der Waals surface area contributed by atoms with Gasteiger partial charge in [0.1, 0.15) is 16.1 Å². The first kappa shape index (κ1) is 16.6. The summed E-state index contributed by atoms with van der Waals surface area (Å²) in [4.78, 5) is 23.1. The largest absolute Gasteiger partial charge is 0.497 e. The molecule has 6 heteroatoms. The molecule has 0 radical (unpaired) electrons. The molecule has 0 bridgehead atoms. The van der Waals surface area contributed by atoms with Gasteiger partial charge in [-0.05, 0) is 54.6 Å². The van der Waals surface area contributed by atoms with Gasteiger partial charge in [-0.3, -0.25) is 4.79 Å². The van der Waals surface area contributed by atoms with E-state index in [1.165, 1.54) is 0 Å². The summed E-state index contributed by atoms with van der Waals surface area (Å²) in [6.07, 6.45) is 0. The number of anilines is 1. The molecule has 136 valence electrons. The first-order valence-corrected chi connectivity index (χ1v) is 9.57. The number of ether oxygens (including phenoxy) is 1. The highest BCUT2D eigenvalue weighted by molar-refractivity contribution is 7.25. The number of methoxy groups -OCH3 is 1. The lowest BCUT2D eigenvalue weighted by Crippen LogP contribution is -2.11. The minimum absolute atomic E-state index is 0.167. The van der Waals surface area contributed by atoms with E-state index in [2.05, 4.69) is 5.32 Å². The van der Waals surface area contributed by atoms with Crippen LogP contribution in [0.3, 0.4) is 0 Å². The van der Waals surface area contributed by atoms with E-state index in [4.69, 9.17) is 14.7 Å². The maximum Gasteiger partial charge on any atom is 0.255 e. The molecule has 0 unspecified atom stereocenters. The first-order valence-electron chi connectivity index (χ1n) is 8.76. The Morgan fingerprint density at radius 1 is 0.964 bits per heavy atom. The Hall–Kier alpha value is -3.51. The lowest BCUT2D eigenvalue weighted by molar-refractivity contribution is 0.102. The molecule has 3 aromatic carbocycles. The molecule has 0 spiro atoms. The van der Waals surface area contributed by atoms with Crippen molar-refractivity contribution in [1.82, 2.24) is 9.97 Å². The van der Waals surface area contributed by atoms with Gasteiger partial charge in [-0.2, -0.15) is 0 Å². The van der Waals surface area contributed by atoms with Crippen LogP contribution in [-0.4, -0.2) is 23.0 Å². The molecule has 0 aliphatic carbocycles. The summed E-state index contributed by atoms with van der Waals surface area (Å²) in [7, 11) is 1.61. The molecule has 2 heterocycles. The fourth-order valence-corrected chi connectivity index (χ4v) is 4.16. The zero-order valence-electron chi connectivity index (χ0n) is 15.0. The summed E-state index contributed by atoms with van der Waals surface area (Å²) in [5.74, 6) is 0.579. The van der Waals surface area contributed by atoms with Gasteiger partial charge < -0.3 is 10.1 Å². The average Bonchev–Trinajstić information content (AvgIpc) is 3.09. The summed E-state index contributed by atoms with van der Waals surface area (Å²) in [5.41, 5.74) is 3.85. The monoisotopic (exact) mass is 385 g/mol. The van der Waals surface area contributed by atoms with E-state index in [9.17, 15) is 4.79 Å². The van der Waals surface area contributed by atoms with Crippen LogP contribution < -0.4 is 10.1 Å². The molecule has 28 heavy (non-hydrogen) atoms. The highest BCUT2D eigenvalue weighted by Crippen LogP contribution is 2.33. The van der Waals surface area contributed by atoms with Crippen LogP contribution in [0.1, 0.15) is 10.4 Å². The fraction of sp³-hybridized carbons (Fsp3) is 0.0455. The number of para-hydroxylation sites is 2. The Morgan fingerprint density at radius 3 is 2.46 bits per heavy atom. The van der Waals surface area contributed by atoms with Gasteiger partial charge >= 0.3 is 0 Å². The van der Waals surface area contributed by atoms with Gasteiger partial charge in [-0.25, -0.2) is 9.97 Å². The lowest BCUT2D eigenvalue weighted by Gasteiger charge is -2.06. The Balaban J connectivity index is 1.54. The van der Waals surface area contributed by atoms with Crippen LogP contribution in [0.25, 0.3) is 31.5 Å². The molecule has 5 rings (SSSR count). The van der Waals surface area contributed by atoms with Gasteiger partial charge in [0, 0.05) is 21.3 Å². The smallest absolute Gasteiger partial charge is 0.255 e. The van der Waals surface area contributed by atoms with Crippen molar-refractivity contribution in [3.05, 3.63) is 72.3 Å². The first-order chi connectivity index (χ1) is 13.7. The number of benzene rings is 3. The zero-order valence-corrected chi connectivity index (χ0v) is 15.8. The number of hydrogen-bond acceptors (Lipinski definition) is 5. The third-order valence-electron chi connectivity index (χ3n) is 4.59. The molecular weight excluding hydrogens is 370 g/mol. The van der Waals surface area contributed by atoms with Crippen molar-refractivity contribution < 1.29 is 9.53 Å². The number of thiophene rings is 1. The van der Waals surface area contributed by atoms with E-state index >= 15 is 0 Å². The Labute approximate surface area is 164 Å². The SMILES string of the molecule is COc1ccc(NC(=O)c2ccc3sc4nc5ccccc5nc4c3c2)cc1. The number of fused-ring (bicyclic) bond motifs is 4. The molecule has 0 atom stereocenters. The number of carbonyl (C=O) groups excluding carboxylic acids is 1. The van der Waals surface area contributed by atoms with Gasteiger partial charge in [0.05, 0.1) is 18.1 Å². The standard InChI is InChI=1S/C22H15N3O2S/c1-27-15-9-7-14(8-10-15)23-21(26)13-6-11-19-16(12-13)20-22(28-19)25-18-5-3-2-4-17(18)24-20/h2-12H,1H3,(H,23,26). The second kappa shape index (κ2) is 6.58. The Bertz CT molecular complexity index is 1340. The van der Waals surface area contributed by atoms with Crippen LogP contribution in [0, 0.1) is 0 Å². The number of amides is 1. The minimum atomic E-state index is -0.167. The van der Waals surface area contributed by atoms with Gasteiger partial charge in [0.2, 0.25) is 0 Å². The van der Waals surface area contributed by atoms with Gasteiger partial charge in [-0.15, -0.1) is 11.3 Å². The second-order valence-electron chi connectivity index (χ2n) is 6.36. The number of nitrogens with zero attached hydrogens (tertiary/aromatic N) is 2. The van der Waals surface area contributed by atoms with Crippen LogP contribution >= 0.6 is 11.3 Å². The molecule has 0 saturated heterocycles. The molecule has 0 aliphatic rings. The summed E-state index contributed by atoms with van der Waals surface area (Å²) >= 11 is 1.59. The van der Waals surface area contributed by atoms with Crippen LogP contribution in [0.4, 0.5) is 5.69 Å². The summed E-state index contributed by atoms with van der Waals surface area (Å²) in [6.45, 7) is 0. The van der Waals surface area contributed by atoms with E-state index in [0.29, 0.717) is 11.3 Å². The fourth-order valence-electron chi connectivity index (χ4n) is 3.16. The molecule has 5 aromatic rings. The van der Waals surface area contributed by atoms with Crippen LogP contribution in [-0.2, 0) is 0 Å². The summed E-state index contributed by atoms with van der Waals surface area (Å²) in [6, 6.07) is 20.7. The average molecular weight is 385 g/mol. The predicted molar refractivity (Wildman–Crippen MR) is 113 cm³/mol. The van der Waals surface area contributed by atoms with E-state index in [1.807, 2.05) is 66.7 Å². The molecule has 1 amide bonds. The van der Waals surface area contributed by atoms with E-state index in [0.717, 1.165) is 37.2 Å². The van der Waals surface area contributed by atoms with Gasteiger partial charge in [0.25, 0.3) is 5.91 Å². The van der Waals surface area contributed by atoms with Gasteiger partial charge in [0.15, 0.2) is 0 Å². The molecule has 0 fully saturated rings. The maximum atomic E-state index is 12.7. The zero-order chi connectivity index (χ0) is 19.1. The summed E-state index contributed by atoms with van der Waals surface area (Å²) in [5, 5.41) is 3.86. The number of hydrogen-bond donors (Lipinski definition) is 1. The highest BCUT2D eigenvalue weighted by atomic mass is 32.1. The van der Waals surface area contributed by atoms with E-state index in [-0.39, 0.29) is 5.91 Å². The second-order valence-corrected chi connectivity index (χ2v) is 7.39. The topological polar surface area (TPSA) is 64.1 Å². The van der Waals surface area contributed by atoms with Crippen molar-refractivity contribution in [2.45, 2.75) is 0 Å². The van der Waals surface area contributed by atoms with Crippen LogP contribution in [0.2, 0.25) is 0 Å². The minimum Gasteiger partial charge on any atom is -0.497 e. The quantitative estimate of drug-likeness (QED) is 0.460. The van der Waals surface area contributed by atoms with E-state index in [1.54, 1.807) is 18.4 Å². The van der Waals surface area contributed by atoms with Crippen molar-refractivity contribution in [2.75, 3.05) is 12.4 Å².